The zero-order valence-electron chi connectivity index (χ0n) is 27.0. The molecule has 0 aliphatic rings. The Morgan fingerprint density at radius 3 is 2.41 bits per heavy atom. The van der Waals surface area contributed by atoms with Crippen LogP contribution in [0.4, 0.5) is 5.69 Å². The number of ether oxygens (including phenoxy) is 4. The van der Waals surface area contributed by atoms with E-state index in [2.05, 4.69) is 24.1 Å². The molecule has 0 saturated heterocycles. The van der Waals surface area contributed by atoms with Crippen molar-refractivity contribution in [2.24, 2.45) is 0 Å². The minimum atomic E-state index is -1.23. The number of methoxy groups -OCH3 is 2. The molecule has 0 saturated carbocycles. The summed E-state index contributed by atoms with van der Waals surface area (Å²) in [5, 5.41) is 2.87. The van der Waals surface area contributed by atoms with Gasteiger partial charge in [0.1, 0.15) is 12.4 Å². The average molecular weight is 646 g/mol. The lowest BCUT2D eigenvalue weighted by molar-refractivity contribution is -0.111. The van der Waals surface area contributed by atoms with Crippen LogP contribution in [0, 0.1) is 0 Å². The Balaban J connectivity index is 1.40. The smallest absolute Gasteiger partial charge is 0.248 e. The molecule has 9 nitrogen and oxygen atoms in total. The molecule has 4 aromatic rings. The third-order valence-electron chi connectivity index (χ3n) is 7.17. The molecule has 0 aliphatic carbocycles. The van der Waals surface area contributed by atoms with Crippen molar-refractivity contribution in [2.75, 3.05) is 39.4 Å². The van der Waals surface area contributed by atoms with Crippen molar-refractivity contribution in [3.05, 3.63) is 90.5 Å². The minimum Gasteiger partial charge on any atom is -0.493 e. The SMILES string of the molecule is CCCCOCCOc1ccc(-c2cc(/C=C/C(=O)Nc3ccc(S(=O)Cc4cncn4CCC)cc3)c(OC)c(OC)c2)cc1. The number of carbonyl (C=O) groups excluding carboxylic acids is 1. The maximum atomic E-state index is 12.9. The predicted molar refractivity (Wildman–Crippen MR) is 183 cm³/mol. The maximum Gasteiger partial charge on any atom is 0.248 e. The van der Waals surface area contributed by atoms with Crippen LogP contribution < -0.4 is 19.5 Å². The zero-order valence-corrected chi connectivity index (χ0v) is 27.8. The lowest BCUT2D eigenvalue weighted by Gasteiger charge is -2.14. The van der Waals surface area contributed by atoms with Gasteiger partial charge in [-0.3, -0.25) is 9.00 Å². The number of unbranched alkanes of at least 4 members (excludes halogenated alkanes) is 1. The number of carbonyl (C=O) groups is 1. The summed E-state index contributed by atoms with van der Waals surface area (Å²) >= 11 is 0. The van der Waals surface area contributed by atoms with Gasteiger partial charge < -0.3 is 28.8 Å². The molecule has 0 spiro atoms. The Labute approximate surface area is 274 Å². The number of imidazole rings is 1. The van der Waals surface area contributed by atoms with Crippen molar-refractivity contribution in [1.82, 2.24) is 9.55 Å². The molecule has 1 atom stereocenters. The summed E-state index contributed by atoms with van der Waals surface area (Å²) in [6, 6.07) is 18.7. The highest BCUT2D eigenvalue weighted by atomic mass is 32.2. The standard InChI is InChI=1S/C36H43N3O6S/c1-5-7-19-44-20-21-45-32-13-8-27(9-14-32)29-22-28(36(43-4)34(23-29)42-3)10-17-35(40)38-30-11-15-33(16-12-30)46(41)25-31-24-37-26-39(31)18-6-2/h8-17,22-24,26H,5-7,18-21,25H2,1-4H3,(H,38,40)/b17-10+. The van der Waals surface area contributed by atoms with Gasteiger partial charge in [0, 0.05) is 41.6 Å². The van der Waals surface area contributed by atoms with Gasteiger partial charge >= 0.3 is 0 Å². The molecule has 244 valence electrons. The fraction of sp³-hybridized carbons (Fsp3) is 0.333. The molecule has 46 heavy (non-hydrogen) atoms. The largest absolute Gasteiger partial charge is 0.493 e. The van der Waals surface area contributed by atoms with Crippen molar-refractivity contribution in [1.29, 1.82) is 0 Å². The first kappa shape index (κ1) is 34.5. The van der Waals surface area contributed by atoms with Crippen LogP contribution in [0.5, 0.6) is 17.2 Å². The molecule has 4 rings (SSSR count). The quantitative estimate of drug-likeness (QED) is 0.0908. The lowest BCUT2D eigenvalue weighted by atomic mass is 10.0. The van der Waals surface area contributed by atoms with E-state index >= 15 is 0 Å². The van der Waals surface area contributed by atoms with E-state index < -0.39 is 10.8 Å². The van der Waals surface area contributed by atoms with Crippen molar-refractivity contribution in [3.8, 4) is 28.4 Å². The molecule has 1 heterocycles. The van der Waals surface area contributed by atoms with Gasteiger partial charge in [-0.2, -0.15) is 0 Å². The van der Waals surface area contributed by atoms with Crippen molar-refractivity contribution in [2.45, 2.75) is 50.3 Å². The monoisotopic (exact) mass is 645 g/mol. The molecule has 0 fully saturated rings. The van der Waals surface area contributed by atoms with Gasteiger partial charge in [-0.25, -0.2) is 4.98 Å². The summed E-state index contributed by atoms with van der Waals surface area (Å²) in [5.74, 6) is 1.89. The molecule has 0 bridgehead atoms. The van der Waals surface area contributed by atoms with Gasteiger partial charge in [0.25, 0.3) is 0 Å². The predicted octanol–water partition coefficient (Wildman–Crippen LogP) is 7.13. The lowest BCUT2D eigenvalue weighted by Crippen LogP contribution is -2.08. The first-order valence-corrected chi connectivity index (χ1v) is 16.8. The zero-order chi connectivity index (χ0) is 32.7. The molecule has 3 aromatic carbocycles. The molecule has 1 aromatic heterocycles. The number of benzene rings is 3. The summed E-state index contributed by atoms with van der Waals surface area (Å²) in [4.78, 5) is 17.7. The molecule has 1 amide bonds. The Hall–Kier alpha value is -4.41. The van der Waals surface area contributed by atoms with E-state index in [0.29, 0.717) is 46.6 Å². The molecule has 0 aliphatic heterocycles. The fourth-order valence-electron chi connectivity index (χ4n) is 4.76. The Bertz CT molecular complexity index is 1600. The second kappa shape index (κ2) is 17.9. The van der Waals surface area contributed by atoms with E-state index in [9.17, 15) is 9.00 Å². The van der Waals surface area contributed by atoms with Gasteiger partial charge in [0.15, 0.2) is 11.5 Å². The van der Waals surface area contributed by atoms with Crippen LogP contribution >= 0.6 is 0 Å². The van der Waals surface area contributed by atoms with E-state index in [1.54, 1.807) is 57.1 Å². The number of aromatic nitrogens is 2. The van der Waals surface area contributed by atoms with Crippen LogP contribution in [-0.2, 0) is 32.6 Å². The maximum absolute atomic E-state index is 12.9. The summed E-state index contributed by atoms with van der Waals surface area (Å²) in [6.07, 6.45) is 9.80. The Morgan fingerprint density at radius 1 is 0.935 bits per heavy atom. The molecule has 1 N–H and O–H groups in total. The van der Waals surface area contributed by atoms with Gasteiger partial charge in [-0.15, -0.1) is 0 Å². The van der Waals surface area contributed by atoms with Crippen LogP contribution in [0.2, 0.25) is 0 Å². The Morgan fingerprint density at radius 2 is 1.72 bits per heavy atom. The molecular weight excluding hydrogens is 602 g/mol. The van der Waals surface area contributed by atoms with E-state index in [-0.39, 0.29) is 5.91 Å². The summed E-state index contributed by atoms with van der Waals surface area (Å²) in [5.41, 5.74) is 4.07. The molecule has 0 radical (unpaired) electrons. The third-order valence-corrected chi connectivity index (χ3v) is 8.53. The minimum absolute atomic E-state index is 0.316. The van der Waals surface area contributed by atoms with E-state index in [4.69, 9.17) is 18.9 Å². The normalized spacial score (nSPS) is 11.8. The third kappa shape index (κ3) is 9.79. The Kier molecular flexibility index (Phi) is 13.4. The van der Waals surface area contributed by atoms with Crippen molar-refractivity contribution >= 4 is 28.5 Å². The van der Waals surface area contributed by atoms with Crippen molar-refractivity contribution in [3.63, 3.8) is 0 Å². The van der Waals surface area contributed by atoms with Gasteiger partial charge in [-0.1, -0.05) is 32.4 Å². The van der Waals surface area contributed by atoms with Gasteiger partial charge in [0.2, 0.25) is 5.91 Å². The summed E-state index contributed by atoms with van der Waals surface area (Å²) in [6.45, 7) is 6.87. The number of rotatable bonds is 18. The number of anilines is 1. The topological polar surface area (TPSA) is 101 Å². The fourth-order valence-corrected chi connectivity index (χ4v) is 5.88. The number of hydrogen-bond donors (Lipinski definition) is 1. The van der Waals surface area contributed by atoms with Gasteiger partial charge in [0.05, 0.1) is 49.4 Å². The second-order valence-electron chi connectivity index (χ2n) is 10.6. The average Bonchev–Trinajstić information content (AvgIpc) is 3.51. The second-order valence-corrected chi connectivity index (χ2v) is 12.0. The van der Waals surface area contributed by atoms with Crippen LogP contribution in [0.15, 0.2) is 84.2 Å². The van der Waals surface area contributed by atoms with E-state index in [1.807, 2.05) is 41.0 Å². The highest BCUT2D eigenvalue weighted by Gasteiger charge is 2.13. The van der Waals surface area contributed by atoms with E-state index in [1.165, 1.54) is 6.08 Å². The number of hydrogen-bond acceptors (Lipinski definition) is 7. The molecular formula is C36H43N3O6S. The van der Waals surface area contributed by atoms with Crippen LogP contribution in [-0.4, -0.2) is 53.7 Å². The summed E-state index contributed by atoms with van der Waals surface area (Å²) in [7, 11) is 1.92. The molecule has 1 unspecified atom stereocenters. The molecule has 10 heteroatoms. The summed E-state index contributed by atoms with van der Waals surface area (Å²) < 4.78 is 37.6. The van der Waals surface area contributed by atoms with Crippen LogP contribution in [0.3, 0.4) is 0 Å². The number of nitrogens with zero attached hydrogens (tertiary/aromatic N) is 2. The van der Waals surface area contributed by atoms with Crippen LogP contribution in [0.1, 0.15) is 44.4 Å². The highest BCUT2D eigenvalue weighted by Crippen LogP contribution is 2.37. The van der Waals surface area contributed by atoms with Crippen molar-refractivity contribution < 1.29 is 28.0 Å². The van der Waals surface area contributed by atoms with E-state index in [0.717, 1.165) is 55.0 Å². The number of amides is 1. The van der Waals surface area contributed by atoms with Gasteiger partial charge in [-0.05, 0) is 78.6 Å². The first-order chi connectivity index (χ1) is 22.4. The van der Waals surface area contributed by atoms with Crippen LogP contribution in [0.25, 0.3) is 17.2 Å². The highest BCUT2D eigenvalue weighted by molar-refractivity contribution is 7.84. The number of aryl methyl sites for hydroxylation is 1. The first-order valence-electron chi connectivity index (χ1n) is 15.5. The number of nitrogens with one attached hydrogen (secondary N) is 1.